The van der Waals surface area contributed by atoms with Gasteiger partial charge in [-0.15, -0.1) is 0 Å². The van der Waals surface area contributed by atoms with Crippen LogP contribution in [0.1, 0.15) is 46.0 Å². The molecule has 2 atom stereocenters. The Morgan fingerprint density at radius 1 is 1.60 bits per heavy atom. The fourth-order valence-electron chi connectivity index (χ4n) is 2.51. The van der Waals surface area contributed by atoms with Gasteiger partial charge in [-0.3, -0.25) is 4.79 Å². The van der Waals surface area contributed by atoms with Crippen molar-refractivity contribution in [1.82, 2.24) is 0 Å². The van der Waals surface area contributed by atoms with Gasteiger partial charge in [0, 0.05) is 0 Å². The van der Waals surface area contributed by atoms with Gasteiger partial charge in [-0.05, 0) is 30.6 Å². The van der Waals surface area contributed by atoms with E-state index in [-0.39, 0.29) is 18.3 Å². The number of methoxy groups -OCH3 is 1. The minimum absolute atomic E-state index is 0.136. The van der Waals surface area contributed by atoms with Crippen LogP contribution in [0.15, 0.2) is 0 Å². The van der Waals surface area contributed by atoms with Gasteiger partial charge < -0.3 is 9.84 Å². The van der Waals surface area contributed by atoms with Gasteiger partial charge >= 0.3 is 5.97 Å². The van der Waals surface area contributed by atoms with Crippen LogP contribution in [-0.2, 0) is 9.53 Å². The van der Waals surface area contributed by atoms with E-state index in [0.29, 0.717) is 5.41 Å². The van der Waals surface area contributed by atoms with Crippen LogP contribution in [0.4, 0.5) is 0 Å². The molecule has 1 rings (SSSR count). The average molecular weight is 214 g/mol. The first-order valence-corrected chi connectivity index (χ1v) is 5.69. The number of ether oxygens (including phenoxy) is 1. The molecular formula is C12H22O3. The van der Waals surface area contributed by atoms with Crippen LogP contribution in [0.2, 0.25) is 0 Å². The van der Waals surface area contributed by atoms with Gasteiger partial charge in [-0.1, -0.05) is 20.3 Å². The van der Waals surface area contributed by atoms with Crippen LogP contribution in [0.5, 0.6) is 0 Å². The molecule has 1 aliphatic carbocycles. The van der Waals surface area contributed by atoms with Crippen molar-refractivity contribution in [3.8, 4) is 0 Å². The molecule has 1 unspecified atom stereocenters. The Labute approximate surface area is 91.8 Å². The largest absolute Gasteiger partial charge is 0.469 e. The van der Waals surface area contributed by atoms with E-state index in [1.165, 1.54) is 13.5 Å². The predicted octanol–water partition coefficient (Wildman–Crippen LogP) is 2.13. The van der Waals surface area contributed by atoms with Crippen molar-refractivity contribution in [2.75, 3.05) is 7.11 Å². The number of hydrogen-bond donors (Lipinski definition) is 1. The van der Waals surface area contributed by atoms with E-state index in [9.17, 15) is 9.90 Å². The van der Waals surface area contributed by atoms with Crippen LogP contribution in [0.3, 0.4) is 0 Å². The molecular weight excluding hydrogens is 192 g/mol. The fourth-order valence-corrected chi connectivity index (χ4v) is 2.51. The quantitative estimate of drug-likeness (QED) is 0.732. The van der Waals surface area contributed by atoms with Crippen molar-refractivity contribution < 1.29 is 14.6 Å². The van der Waals surface area contributed by atoms with Gasteiger partial charge in [-0.2, -0.15) is 0 Å². The molecule has 1 N–H and O–H groups in total. The Hall–Kier alpha value is -0.570. The van der Waals surface area contributed by atoms with E-state index in [0.717, 1.165) is 19.3 Å². The van der Waals surface area contributed by atoms with Crippen LogP contribution in [0, 0.1) is 11.3 Å². The van der Waals surface area contributed by atoms with Gasteiger partial charge in [0.2, 0.25) is 0 Å². The summed E-state index contributed by atoms with van der Waals surface area (Å²) in [5.74, 6) is -0.0567. The summed E-state index contributed by atoms with van der Waals surface area (Å²) in [4.78, 5) is 11.0. The van der Waals surface area contributed by atoms with Crippen LogP contribution >= 0.6 is 0 Å². The third kappa shape index (κ3) is 3.82. The molecule has 0 spiro atoms. The maximum absolute atomic E-state index is 11.0. The highest BCUT2D eigenvalue weighted by Crippen LogP contribution is 2.40. The molecule has 0 aromatic carbocycles. The Morgan fingerprint density at radius 3 is 2.80 bits per heavy atom. The standard InChI is InChI=1S/C12H22O3/c1-12(2)6-4-5-9(8-12)10(13)7-11(14)15-3/h9-10,13H,4-8H2,1-3H3/t9?,10-/m1/s1. The summed E-state index contributed by atoms with van der Waals surface area (Å²) in [6.07, 6.45) is 4.01. The van der Waals surface area contributed by atoms with Crippen LogP contribution < -0.4 is 0 Å². The second-order valence-corrected chi connectivity index (χ2v) is 5.37. The lowest BCUT2D eigenvalue weighted by molar-refractivity contribution is -0.144. The second kappa shape index (κ2) is 4.97. The van der Waals surface area contributed by atoms with Gasteiger partial charge in [0.1, 0.15) is 0 Å². The number of aliphatic hydroxyl groups is 1. The molecule has 3 heteroatoms. The van der Waals surface area contributed by atoms with Gasteiger partial charge in [0.05, 0.1) is 19.6 Å². The zero-order valence-corrected chi connectivity index (χ0v) is 9.95. The van der Waals surface area contributed by atoms with Crippen molar-refractivity contribution in [3.05, 3.63) is 0 Å². The first kappa shape index (κ1) is 12.5. The molecule has 88 valence electrons. The summed E-state index contributed by atoms with van der Waals surface area (Å²) in [6, 6.07) is 0. The maximum atomic E-state index is 11.0. The van der Waals surface area contributed by atoms with E-state index >= 15 is 0 Å². The predicted molar refractivity (Wildman–Crippen MR) is 58.4 cm³/mol. The molecule has 1 fully saturated rings. The third-order valence-electron chi connectivity index (χ3n) is 3.39. The SMILES string of the molecule is COC(=O)C[C@@H](O)C1CCCC(C)(C)C1. The smallest absolute Gasteiger partial charge is 0.308 e. The molecule has 0 aromatic heterocycles. The first-order chi connectivity index (χ1) is 6.94. The molecule has 1 aliphatic rings. The number of carbonyl (C=O) groups excluding carboxylic acids is 1. The summed E-state index contributed by atoms with van der Waals surface area (Å²) in [6.45, 7) is 4.45. The molecule has 0 heterocycles. The van der Waals surface area contributed by atoms with E-state index in [4.69, 9.17) is 0 Å². The second-order valence-electron chi connectivity index (χ2n) is 5.37. The number of rotatable bonds is 3. The van der Waals surface area contributed by atoms with E-state index < -0.39 is 6.10 Å². The molecule has 0 amide bonds. The summed E-state index contributed by atoms with van der Waals surface area (Å²) in [7, 11) is 1.36. The lowest BCUT2D eigenvalue weighted by atomic mass is 9.70. The van der Waals surface area contributed by atoms with Crippen molar-refractivity contribution in [2.24, 2.45) is 11.3 Å². The normalized spacial score (nSPS) is 27.1. The maximum Gasteiger partial charge on any atom is 0.308 e. The van der Waals surface area contributed by atoms with Gasteiger partial charge in [0.25, 0.3) is 0 Å². The number of esters is 1. The van der Waals surface area contributed by atoms with Crippen LogP contribution in [-0.4, -0.2) is 24.3 Å². The summed E-state index contributed by atoms with van der Waals surface area (Å²) < 4.78 is 4.56. The summed E-state index contributed by atoms with van der Waals surface area (Å²) in [5.41, 5.74) is 0.306. The highest BCUT2D eigenvalue weighted by Gasteiger charge is 2.32. The molecule has 3 nitrogen and oxygen atoms in total. The van der Waals surface area contributed by atoms with Crippen molar-refractivity contribution >= 4 is 5.97 Å². The van der Waals surface area contributed by atoms with Crippen molar-refractivity contribution in [3.63, 3.8) is 0 Å². The number of aliphatic hydroxyl groups excluding tert-OH is 1. The van der Waals surface area contributed by atoms with Crippen LogP contribution in [0.25, 0.3) is 0 Å². The molecule has 0 aliphatic heterocycles. The van der Waals surface area contributed by atoms with E-state index in [2.05, 4.69) is 18.6 Å². The summed E-state index contributed by atoms with van der Waals surface area (Å²) >= 11 is 0. The van der Waals surface area contributed by atoms with Crippen molar-refractivity contribution in [1.29, 1.82) is 0 Å². The number of hydrogen-bond acceptors (Lipinski definition) is 3. The lowest BCUT2D eigenvalue weighted by Gasteiger charge is -2.37. The van der Waals surface area contributed by atoms with Crippen molar-refractivity contribution in [2.45, 2.75) is 52.1 Å². The van der Waals surface area contributed by atoms with E-state index in [1.54, 1.807) is 0 Å². The van der Waals surface area contributed by atoms with E-state index in [1.807, 2.05) is 0 Å². The molecule has 1 saturated carbocycles. The average Bonchev–Trinajstić information content (AvgIpc) is 2.16. The molecule has 15 heavy (non-hydrogen) atoms. The lowest BCUT2D eigenvalue weighted by Crippen LogP contribution is -2.32. The van der Waals surface area contributed by atoms with Gasteiger partial charge in [-0.25, -0.2) is 0 Å². The molecule has 0 radical (unpaired) electrons. The topological polar surface area (TPSA) is 46.5 Å². The fraction of sp³-hybridized carbons (Fsp3) is 0.917. The zero-order chi connectivity index (χ0) is 11.5. The Bertz CT molecular complexity index is 223. The summed E-state index contributed by atoms with van der Waals surface area (Å²) in [5, 5.41) is 9.91. The molecule has 0 aromatic rings. The molecule has 0 bridgehead atoms. The highest BCUT2D eigenvalue weighted by atomic mass is 16.5. The third-order valence-corrected chi connectivity index (χ3v) is 3.39. The number of carbonyl (C=O) groups is 1. The zero-order valence-electron chi connectivity index (χ0n) is 9.95. The highest BCUT2D eigenvalue weighted by molar-refractivity contribution is 5.69. The Kier molecular flexibility index (Phi) is 4.14. The molecule has 0 saturated heterocycles. The van der Waals surface area contributed by atoms with Gasteiger partial charge in [0.15, 0.2) is 0 Å². The Balaban J connectivity index is 2.45. The Morgan fingerprint density at radius 2 is 2.27 bits per heavy atom. The minimum Gasteiger partial charge on any atom is -0.469 e. The minimum atomic E-state index is -0.531. The first-order valence-electron chi connectivity index (χ1n) is 5.69. The monoisotopic (exact) mass is 214 g/mol.